The fourth-order valence-corrected chi connectivity index (χ4v) is 3.32. The number of nitrogens with zero attached hydrogens (tertiary/aromatic N) is 2. The van der Waals surface area contributed by atoms with Gasteiger partial charge in [0.25, 0.3) is 0 Å². The van der Waals surface area contributed by atoms with E-state index in [0.717, 1.165) is 12.1 Å². The van der Waals surface area contributed by atoms with Crippen molar-refractivity contribution < 1.29 is 19.4 Å². The number of hydrogen-bond acceptors (Lipinski definition) is 2. The van der Waals surface area contributed by atoms with Crippen molar-refractivity contribution >= 4 is 32.4 Å². The van der Waals surface area contributed by atoms with Gasteiger partial charge in [-0.3, -0.25) is 4.99 Å². The van der Waals surface area contributed by atoms with Crippen LogP contribution in [0.5, 0.6) is 0 Å². The van der Waals surface area contributed by atoms with E-state index in [9.17, 15) is 19.4 Å². The molecule has 0 atom stereocenters. The summed E-state index contributed by atoms with van der Waals surface area (Å²) in [5.74, 6) is 0. The third kappa shape index (κ3) is 13.4. The van der Waals surface area contributed by atoms with Crippen molar-refractivity contribution in [3.63, 3.8) is 0 Å². The van der Waals surface area contributed by atoms with Gasteiger partial charge in [0.05, 0.1) is 11.4 Å². The monoisotopic (exact) mass is 526 g/mol. The van der Waals surface area contributed by atoms with E-state index in [1.165, 1.54) is 35.5 Å². The third-order valence-electron chi connectivity index (χ3n) is 3.77. The summed E-state index contributed by atoms with van der Waals surface area (Å²) in [6, 6.07) is 13.9. The quantitative estimate of drug-likeness (QED) is 0.305. The van der Waals surface area contributed by atoms with Crippen LogP contribution in [0.3, 0.4) is 0 Å². The normalized spacial score (nSPS) is 13.5. The molecule has 4 rings (SSSR count). The zero-order chi connectivity index (χ0) is 26.4. The number of halogens is 5. The van der Waals surface area contributed by atoms with E-state index in [0.29, 0.717) is 0 Å². The van der Waals surface area contributed by atoms with Crippen LogP contribution in [-0.2, 0) is 12.8 Å². The molecule has 8 heteroatoms. The highest BCUT2D eigenvalue weighted by Crippen LogP contribution is 2.99. The van der Waals surface area contributed by atoms with Gasteiger partial charge < -0.3 is 0 Å². The second-order valence-corrected chi connectivity index (χ2v) is 8.34. The summed E-state index contributed by atoms with van der Waals surface area (Å²) in [4.78, 5) is 7.33. The Bertz CT molecular complexity index is 906. The lowest BCUT2D eigenvalue weighted by atomic mass is 10.1. The lowest BCUT2D eigenvalue weighted by molar-refractivity contribution is 0.391. The average molecular weight is 527 g/mol. The zero-order valence-electron chi connectivity index (χ0n) is 21.2. The maximum absolute atomic E-state index is 12.4. The summed E-state index contributed by atoms with van der Waals surface area (Å²) in [6.07, 6.45) is 0.199. The van der Waals surface area contributed by atoms with Crippen LogP contribution < -0.4 is 0 Å². The highest BCUT2D eigenvalue weighted by molar-refractivity contribution is 8.57. The lowest BCUT2D eigenvalue weighted by Crippen LogP contribution is -2.19. The average Bonchev–Trinajstić information content (AvgIpc) is 3.42. The molecule has 0 spiro atoms. The Labute approximate surface area is 211 Å². The van der Waals surface area contributed by atoms with Crippen molar-refractivity contribution in [3.05, 3.63) is 59.7 Å². The minimum atomic E-state index is -9.57. The summed E-state index contributed by atoms with van der Waals surface area (Å²) in [6.45, 7) is 18.1. The Kier molecular flexibility index (Phi) is 18.8. The molecule has 2 nitrogen and oxygen atoms in total. The van der Waals surface area contributed by atoms with E-state index >= 15 is 0 Å². The topological polar surface area (TPSA) is 24.7 Å². The van der Waals surface area contributed by atoms with Gasteiger partial charge in [-0.2, -0.15) is 0 Å². The molecular weight excluding hydrogens is 479 g/mol. The fraction of sp³-hybridized carbons (Fsp3) is 0.481. The van der Waals surface area contributed by atoms with Crippen molar-refractivity contribution in [3.8, 4) is 0 Å². The molecule has 2 aliphatic rings. The molecule has 0 N–H and O–H groups in total. The maximum atomic E-state index is 12.4. The minimum Gasteiger partial charge on any atom is -0.257 e. The number of benzene rings is 2. The van der Waals surface area contributed by atoms with Crippen molar-refractivity contribution in [2.24, 2.45) is 9.98 Å². The van der Waals surface area contributed by atoms with E-state index in [2.05, 4.69) is 35.1 Å². The molecule has 0 unspecified atom stereocenters. The Hall–Kier alpha value is -2.22. The molecule has 0 fully saturated rings. The standard InChI is InChI=1S/C9H9N.C8H6F5NS.4C2H6.2CH4/c1-7-6-8-4-2-3-5-9(8)10-7;9-15(10,11,12,13)8-5-6-3-1-2-4-7(6)14-8;4*1-2;;/h2-5H,6H2,1H3;1-4H,5H2;4*1-2H3;2*1H4. The Morgan fingerprint density at radius 3 is 1.26 bits per heavy atom. The first-order chi connectivity index (χ1) is 15.4. The van der Waals surface area contributed by atoms with Crippen LogP contribution in [0.15, 0.2) is 58.5 Å². The first-order valence-electron chi connectivity index (χ1n) is 11.4. The number of hydrogen-bond donors (Lipinski definition) is 0. The molecule has 0 aliphatic carbocycles. The van der Waals surface area contributed by atoms with Gasteiger partial charge in [-0.1, -0.05) is 126 Å². The predicted molar refractivity (Wildman–Crippen MR) is 152 cm³/mol. The minimum absolute atomic E-state index is 0. The predicted octanol–water partition coefficient (Wildman–Crippen LogP) is 12.3. The van der Waals surface area contributed by atoms with E-state index in [1.807, 2.05) is 61.5 Å². The molecule has 0 bridgehead atoms. The summed E-state index contributed by atoms with van der Waals surface area (Å²) in [5, 5.41) is -1.95. The van der Waals surface area contributed by atoms with Crippen molar-refractivity contribution in [2.75, 3.05) is 0 Å². The molecule has 0 radical (unpaired) electrons. The molecule has 2 aromatic rings. The second-order valence-electron chi connectivity index (χ2n) is 5.93. The van der Waals surface area contributed by atoms with Gasteiger partial charge >= 0.3 is 10.2 Å². The highest BCUT2D eigenvalue weighted by atomic mass is 32.5. The van der Waals surface area contributed by atoms with Gasteiger partial charge in [0.15, 0.2) is 5.04 Å². The van der Waals surface area contributed by atoms with E-state index in [1.54, 1.807) is 0 Å². The van der Waals surface area contributed by atoms with Crippen LogP contribution in [0, 0.1) is 0 Å². The number of aliphatic imine (C=N–C) groups is 2. The van der Waals surface area contributed by atoms with Gasteiger partial charge in [0.1, 0.15) is 0 Å². The molecule has 2 aliphatic heterocycles. The van der Waals surface area contributed by atoms with Gasteiger partial charge in [0, 0.05) is 18.6 Å². The number of rotatable bonds is 0. The van der Waals surface area contributed by atoms with Crippen LogP contribution in [0.2, 0.25) is 0 Å². The molecule has 0 saturated carbocycles. The summed E-state index contributed by atoms with van der Waals surface area (Å²) < 4.78 is 61.8. The van der Waals surface area contributed by atoms with Crippen LogP contribution in [-0.4, -0.2) is 10.8 Å². The summed E-state index contributed by atoms with van der Waals surface area (Å²) in [5.41, 5.74) is 3.89. The molecule has 0 aromatic heterocycles. The van der Waals surface area contributed by atoms with Crippen LogP contribution in [0.4, 0.5) is 30.8 Å². The van der Waals surface area contributed by atoms with Crippen molar-refractivity contribution in [2.45, 2.75) is 90.0 Å². The molecule has 206 valence electrons. The Morgan fingerprint density at radius 1 is 0.571 bits per heavy atom. The molecule has 2 heterocycles. The maximum Gasteiger partial charge on any atom is 0.322 e. The van der Waals surface area contributed by atoms with Gasteiger partial charge in [-0.25, -0.2) is 4.99 Å². The van der Waals surface area contributed by atoms with Crippen LogP contribution >= 0.6 is 10.2 Å². The molecule has 0 saturated heterocycles. The molecule has 0 amide bonds. The zero-order valence-corrected chi connectivity index (χ0v) is 22.0. The van der Waals surface area contributed by atoms with Gasteiger partial charge in [-0.15, -0.1) is 0 Å². The lowest BCUT2D eigenvalue weighted by Gasteiger charge is -2.40. The van der Waals surface area contributed by atoms with Gasteiger partial charge in [-0.05, 0) is 30.2 Å². The summed E-state index contributed by atoms with van der Waals surface area (Å²) in [7, 11) is -9.57. The summed E-state index contributed by atoms with van der Waals surface area (Å²) >= 11 is 0. The largest absolute Gasteiger partial charge is 0.322 e. The molecule has 2 aromatic carbocycles. The van der Waals surface area contributed by atoms with E-state index in [-0.39, 0.29) is 26.1 Å². The number of fused-ring (bicyclic) bond motifs is 2. The molecular formula is C27H47F5N2S. The Balaban J connectivity index is -0.000000211. The second kappa shape index (κ2) is 16.5. The number of para-hydroxylation sites is 2. The smallest absolute Gasteiger partial charge is 0.257 e. The van der Waals surface area contributed by atoms with Crippen molar-refractivity contribution in [1.82, 2.24) is 0 Å². The van der Waals surface area contributed by atoms with Crippen LogP contribution in [0.1, 0.15) is 88.3 Å². The van der Waals surface area contributed by atoms with E-state index < -0.39 is 21.7 Å². The Morgan fingerprint density at radius 2 is 0.914 bits per heavy atom. The van der Waals surface area contributed by atoms with E-state index in [4.69, 9.17) is 0 Å². The molecule has 35 heavy (non-hydrogen) atoms. The first kappa shape index (κ1) is 40.0. The van der Waals surface area contributed by atoms with Crippen LogP contribution in [0.25, 0.3) is 0 Å². The third-order valence-corrected chi connectivity index (χ3v) is 4.90. The fourth-order valence-electron chi connectivity index (χ4n) is 2.62. The van der Waals surface area contributed by atoms with Gasteiger partial charge in [0.2, 0.25) is 0 Å². The SMILES string of the molecule is C.C.CC.CC.CC.CC.CC1=Nc2ccccc2C1.FS(F)(F)(F)(F)C1=Nc2ccccc2C1. The first-order valence-corrected chi connectivity index (χ1v) is 13.4. The van der Waals surface area contributed by atoms with Crippen molar-refractivity contribution in [1.29, 1.82) is 0 Å². The highest BCUT2D eigenvalue weighted by Gasteiger charge is 2.69.